The second-order valence-corrected chi connectivity index (χ2v) is 4.23. The summed E-state index contributed by atoms with van der Waals surface area (Å²) in [4.78, 5) is 22.5. The Balaban J connectivity index is 2.10. The summed E-state index contributed by atoms with van der Waals surface area (Å²) in [5.41, 5.74) is 0. The fraction of sp³-hybridized carbons (Fsp3) is 0.833. The van der Waals surface area contributed by atoms with Gasteiger partial charge in [-0.05, 0) is 20.3 Å². The quantitative estimate of drug-likeness (QED) is 0.703. The molecule has 1 aliphatic rings. The molecular formula is C12H21NO4. The normalized spacial score (nSPS) is 23.4. The first-order chi connectivity index (χ1) is 8.13. The summed E-state index contributed by atoms with van der Waals surface area (Å²) in [6.07, 6.45) is 1.54. The maximum Gasteiger partial charge on any atom is 0.306 e. The fourth-order valence-corrected chi connectivity index (χ4v) is 1.83. The van der Waals surface area contributed by atoms with E-state index in [4.69, 9.17) is 9.47 Å². The molecule has 1 heterocycles. The predicted molar refractivity (Wildman–Crippen MR) is 62.4 cm³/mol. The Morgan fingerprint density at radius 3 is 2.76 bits per heavy atom. The Kier molecular flexibility index (Phi) is 5.97. The molecule has 1 aliphatic heterocycles. The monoisotopic (exact) mass is 243 g/mol. The van der Waals surface area contributed by atoms with Crippen molar-refractivity contribution in [3.8, 4) is 0 Å². The van der Waals surface area contributed by atoms with Crippen LogP contribution in [0.15, 0.2) is 0 Å². The van der Waals surface area contributed by atoms with Crippen LogP contribution >= 0.6 is 0 Å². The number of esters is 1. The molecule has 17 heavy (non-hydrogen) atoms. The Labute approximate surface area is 102 Å². The van der Waals surface area contributed by atoms with E-state index in [-0.39, 0.29) is 30.8 Å². The van der Waals surface area contributed by atoms with Gasteiger partial charge in [-0.1, -0.05) is 0 Å². The number of hydrogen-bond donors (Lipinski definition) is 1. The van der Waals surface area contributed by atoms with Crippen LogP contribution in [0, 0.1) is 5.92 Å². The average Bonchev–Trinajstić information content (AvgIpc) is 2.70. The second kappa shape index (κ2) is 7.27. The minimum absolute atomic E-state index is 0.0999. The molecule has 0 aromatic rings. The van der Waals surface area contributed by atoms with E-state index in [1.165, 1.54) is 0 Å². The van der Waals surface area contributed by atoms with Crippen molar-refractivity contribution >= 4 is 11.9 Å². The Morgan fingerprint density at radius 1 is 1.41 bits per heavy atom. The van der Waals surface area contributed by atoms with E-state index >= 15 is 0 Å². The van der Waals surface area contributed by atoms with Crippen molar-refractivity contribution < 1.29 is 19.1 Å². The molecule has 1 N–H and O–H groups in total. The molecular weight excluding hydrogens is 222 g/mol. The summed E-state index contributed by atoms with van der Waals surface area (Å²) in [6, 6.07) is 0. The van der Waals surface area contributed by atoms with E-state index in [9.17, 15) is 9.59 Å². The van der Waals surface area contributed by atoms with Crippen LogP contribution in [0.4, 0.5) is 0 Å². The molecule has 98 valence electrons. The number of carbonyl (C=O) groups is 2. The zero-order valence-corrected chi connectivity index (χ0v) is 10.5. The topological polar surface area (TPSA) is 64.6 Å². The molecule has 0 aromatic heterocycles. The van der Waals surface area contributed by atoms with E-state index in [1.807, 2.05) is 6.92 Å². The number of nitrogens with one attached hydrogen (secondary N) is 1. The van der Waals surface area contributed by atoms with Crippen molar-refractivity contribution in [1.82, 2.24) is 5.32 Å². The number of hydrogen-bond acceptors (Lipinski definition) is 4. The van der Waals surface area contributed by atoms with Crippen molar-refractivity contribution in [3.05, 3.63) is 0 Å². The Hall–Kier alpha value is -1.10. The van der Waals surface area contributed by atoms with E-state index in [2.05, 4.69) is 5.32 Å². The highest BCUT2D eigenvalue weighted by molar-refractivity contribution is 5.81. The van der Waals surface area contributed by atoms with Gasteiger partial charge in [0, 0.05) is 25.5 Å². The third-order valence-electron chi connectivity index (χ3n) is 2.96. The van der Waals surface area contributed by atoms with E-state index in [1.54, 1.807) is 6.92 Å². The Morgan fingerprint density at radius 2 is 2.18 bits per heavy atom. The lowest BCUT2D eigenvalue weighted by atomic mass is 10.0. The highest BCUT2D eigenvalue weighted by atomic mass is 16.5. The summed E-state index contributed by atoms with van der Waals surface area (Å²) >= 11 is 0. The molecule has 0 bridgehead atoms. The van der Waals surface area contributed by atoms with Crippen molar-refractivity contribution in [2.24, 2.45) is 5.92 Å². The van der Waals surface area contributed by atoms with Crippen LogP contribution in [-0.4, -0.2) is 37.7 Å². The first-order valence-corrected chi connectivity index (χ1v) is 6.17. The van der Waals surface area contributed by atoms with Gasteiger partial charge in [-0.25, -0.2) is 0 Å². The van der Waals surface area contributed by atoms with E-state index in [0.29, 0.717) is 19.1 Å². The number of rotatable bonds is 6. The first kappa shape index (κ1) is 14.0. The maximum atomic E-state index is 11.5. The van der Waals surface area contributed by atoms with E-state index < -0.39 is 0 Å². The highest BCUT2D eigenvalue weighted by Gasteiger charge is 2.24. The molecule has 0 aromatic carbocycles. The second-order valence-electron chi connectivity index (χ2n) is 4.23. The molecule has 2 atom stereocenters. The summed E-state index contributed by atoms with van der Waals surface area (Å²) in [5.74, 6) is -0.0288. The first-order valence-electron chi connectivity index (χ1n) is 6.17. The van der Waals surface area contributed by atoms with Gasteiger partial charge in [0.1, 0.15) is 0 Å². The van der Waals surface area contributed by atoms with Crippen molar-refractivity contribution in [1.29, 1.82) is 0 Å². The van der Waals surface area contributed by atoms with Crippen LogP contribution in [0.2, 0.25) is 0 Å². The molecule has 5 heteroatoms. The average molecular weight is 243 g/mol. The van der Waals surface area contributed by atoms with E-state index in [0.717, 1.165) is 13.0 Å². The largest absolute Gasteiger partial charge is 0.466 e. The van der Waals surface area contributed by atoms with Crippen LogP contribution in [0.3, 0.4) is 0 Å². The van der Waals surface area contributed by atoms with Crippen molar-refractivity contribution in [3.63, 3.8) is 0 Å². The minimum atomic E-state index is -0.319. The number of ether oxygens (including phenoxy) is 2. The molecule has 0 saturated carbocycles. The molecule has 0 aliphatic carbocycles. The third-order valence-corrected chi connectivity index (χ3v) is 2.96. The van der Waals surface area contributed by atoms with Crippen molar-refractivity contribution in [2.45, 2.75) is 39.2 Å². The maximum absolute atomic E-state index is 11.5. The van der Waals surface area contributed by atoms with Gasteiger partial charge >= 0.3 is 5.97 Å². The predicted octanol–water partition coefficient (Wildman–Crippen LogP) is 0.871. The van der Waals surface area contributed by atoms with Gasteiger partial charge in [0.15, 0.2) is 0 Å². The lowest BCUT2D eigenvalue weighted by Gasteiger charge is -2.14. The summed E-state index contributed by atoms with van der Waals surface area (Å²) in [6.45, 7) is 5.52. The van der Waals surface area contributed by atoms with Crippen molar-refractivity contribution in [2.75, 3.05) is 19.8 Å². The van der Waals surface area contributed by atoms with Gasteiger partial charge in [0.05, 0.1) is 19.1 Å². The molecule has 5 nitrogen and oxygen atoms in total. The third kappa shape index (κ3) is 5.17. The lowest BCUT2D eigenvalue weighted by Crippen LogP contribution is -2.32. The van der Waals surface area contributed by atoms with Gasteiger partial charge in [-0.2, -0.15) is 0 Å². The summed E-state index contributed by atoms with van der Waals surface area (Å²) in [7, 11) is 0. The van der Waals surface area contributed by atoms with Crippen LogP contribution in [-0.2, 0) is 19.1 Å². The fourth-order valence-electron chi connectivity index (χ4n) is 1.83. The zero-order valence-electron chi connectivity index (χ0n) is 10.5. The smallest absolute Gasteiger partial charge is 0.306 e. The van der Waals surface area contributed by atoms with Gasteiger partial charge in [-0.3, -0.25) is 9.59 Å². The molecule has 0 spiro atoms. The van der Waals surface area contributed by atoms with Gasteiger partial charge in [-0.15, -0.1) is 0 Å². The Bertz CT molecular complexity index is 267. The standard InChI is InChI=1S/C12H21NO4/c1-3-16-12(15)5-4-11(14)13-8-10-6-7-17-9(10)2/h9-10H,3-8H2,1-2H3,(H,13,14). The zero-order chi connectivity index (χ0) is 12.7. The minimum Gasteiger partial charge on any atom is -0.466 e. The molecule has 1 fully saturated rings. The summed E-state index contributed by atoms with van der Waals surface area (Å²) < 4.78 is 10.2. The van der Waals surface area contributed by atoms with Gasteiger partial charge in [0.25, 0.3) is 0 Å². The highest BCUT2D eigenvalue weighted by Crippen LogP contribution is 2.19. The van der Waals surface area contributed by atoms with Gasteiger partial charge < -0.3 is 14.8 Å². The van der Waals surface area contributed by atoms with Crippen LogP contribution in [0.25, 0.3) is 0 Å². The van der Waals surface area contributed by atoms with Crippen LogP contribution in [0.1, 0.15) is 33.1 Å². The molecule has 1 rings (SSSR count). The summed E-state index contributed by atoms with van der Waals surface area (Å²) in [5, 5.41) is 2.83. The molecule has 0 radical (unpaired) electrons. The molecule has 2 unspecified atom stereocenters. The van der Waals surface area contributed by atoms with Crippen LogP contribution in [0.5, 0.6) is 0 Å². The van der Waals surface area contributed by atoms with Gasteiger partial charge in [0.2, 0.25) is 5.91 Å². The lowest BCUT2D eigenvalue weighted by molar-refractivity contribution is -0.144. The number of amides is 1. The van der Waals surface area contributed by atoms with Crippen LogP contribution < -0.4 is 5.32 Å². The SMILES string of the molecule is CCOC(=O)CCC(=O)NCC1CCOC1C. The molecule has 1 amide bonds. The number of carbonyl (C=O) groups excluding carboxylic acids is 2. The molecule has 1 saturated heterocycles.